The topological polar surface area (TPSA) is 111 Å². The normalized spacial score (nSPS) is 16.8. The molecule has 0 aliphatic carbocycles. The number of rotatable bonds is 7. The standard InChI is InChI=1S/C25H34N8O2/c1-4-20-25(33-15-13-32(14-16-33)21(34)5-2)29-24(22(28-20)23(26)35)27-18-7-6-8-19(17-18)31-11-9-30(3)10-12-31/h5-8,17H,2,4,9-16H2,1,3H3,(H2,26,35)(H,27,29). The molecule has 2 aromatic rings. The fourth-order valence-electron chi connectivity index (χ4n) is 4.46. The maximum Gasteiger partial charge on any atom is 0.271 e. The second-order valence-electron chi connectivity index (χ2n) is 8.89. The first kappa shape index (κ1) is 24.5. The van der Waals surface area contributed by atoms with Crippen LogP contribution < -0.4 is 20.9 Å². The van der Waals surface area contributed by atoms with Gasteiger partial charge in [-0.05, 0) is 37.7 Å². The number of benzene rings is 1. The average Bonchev–Trinajstić information content (AvgIpc) is 2.88. The number of hydrogen-bond acceptors (Lipinski definition) is 8. The fraction of sp³-hybridized carbons (Fsp3) is 0.440. The highest BCUT2D eigenvalue weighted by atomic mass is 16.2. The SMILES string of the molecule is C=CC(=O)N1CCN(c2nc(Nc3cccc(N4CCN(C)CC4)c3)c(C(N)=O)nc2CC)CC1. The number of hydrogen-bond donors (Lipinski definition) is 2. The summed E-state index contributed by atoms with van der Waals surface area (Å²) in [5.41, 5.74) is 8.44. The van der Waals surface area contributed by atoms with Crippen molar-refractivity contribution in [1.82, 2.24) is 19.8 Å². The Morgan fingerprint density at radius 1 is 1.06 bits per heavy atom. The van der Waals surface area contributed by atoms with Gasteiger partial charge in [-0.1, -0.05) is 19.6 Å². The Balaban J connectivity index is 1.60. The molecule has 0 unspecified atom stereocenters. The highest BCUT2D eigenvalue weighted by Gasteiger charge is 2.25. The molecule has 0 spiro atoms. The summed E-state index contributed by atoms with van der Waals surface area (Å²) in [4.78, 5) is 42.2. The third-order valence-corrected chi connectivity index (χ3v) is 6.56. The van der Waals surface area contributed by atoms with Crippen LogP contribution >= 0.6 is 0 Å². The number of primary amides is 1. The van der Waals surface area contributed by atoms with Gasteiger partial charge in [-0.2, -0.15) is 0 Å². The lowest BCUT2D eigenvalue weighted by molar-refractivity contribution is -0.126. The first-order valence-corrected chi connectivity index (χ1v) is 12.1. The lowest BCUT2D eigenvalue weighted by Crippen LogP contribution is -2.49. The molecule has 2 fully saturated rings. The van der Waals surface area contributed by atoms with Crippen molar-refractivity contribution >= 4 is 34.8 Å². The molecule has 35 heavy (non-hydrogen) atoms. The summed E-state index contributed by atoms with van der Waals surface area (Å²) in [5.74, 6) is 0.349. The third-order valence-electron chi connectivity index (χ3n) is 6.56. The molecule has 0 saturated carbocycles. The molecule has 0 atom stereocenters. The Morgan fingerprint density at radius 3 is 2.37 bits per heavy atom. The summed E-state index contributed by atoms with van der Waals surface area (Å²) >= 11 is 0. The van der Waals surface area contributed by atoms with E-state index in [9.17, 15) is 9.59 Å². The number of likely N-dealkylation sites (N-methyl/N-ethyl adjacent to an activating group) is 1. The van der Waals surface area contributed by atoms with Gasteiger partial charge >= 0.3 is 0 Å². The summed E-state index contributed by atoms with van der Waals surface area (Å²) in [7, 11) is 2.13. The summed E-state index contributed by atoms with van der Waals surface area (Å²) in [6, 6.07) is 8.08. The van der Waals surface area contributed by atoms with Gasteiger partial charge < -0.3 is 30.7 Å². The molecule has 4 rings (SSSR count). The molecule has 3 heterocycles. The summed E-state index contributed by atoms with van der Waals surface area (Å²) in [6.07, 6.45) is 1.94. The highest BCUT2D eigenvalue weighted by molar-refractivity contribution is 5.96. The first-order chi connectivity index (χ1) is 16.9. The summed E-state index contributed by atoms with van der Waals surface area (Å²) in [5, 5.41) is 3.29. The van der Waals surface area contributed by atoms with Crippen molar-refractivity contribution in [2.75, 3.05) is 74.5 Å². The minimum absolute atomic E-state index is 0.0712. The van der Waals surface area contributed by atoms with E-state index < -0.39 is 5.91 Å². The van der Waals surface area contributed by atoms with Gasteiger partial charge in [0.2, 0.25) is 5.91 Å². The molecule has 2 aliphatic heterocycles. The Bertz CT molecular complexity index is 1090. The smallest absolute Gasteiger partial charge is 0.271 e. The van der Waals surface area contributed by atoms with Gasteiger partial charge in [0.05, 0.1) is 5.69 Å². The molecule has 2 amide bonds. The van der Waals surface area contributed by atoms with E-state index in [2.05, 4.69) is 50.8 Å². The molecular formula is C25H34N8O2. The number of anilines is 4. The van der Waals surface area contributed by atoms with Crippen LogP contribution in [0, 0.1) is 0 Å². The van der Waals surface area contributed by atoms with Crippen LogP contribution in [-0.4, -0.2) is 91.0 Å². The van der Waals surface area contributed by atoms with Crippen molar-refractivity contribution in [1.29, 1.82) is 0 Å². The fourth-order valence-corrected chi connectivity index (χ4v) is 4.46. The Morgan fingerprint density at radius 2 is 1.74 bits per heavy atom. The number of aromatic nitrogens is 2. The van der Waals surface area contributed by atoms with Crippen LogP contribution in [0.4, 0.5) is 23.0 Å². The van der Waals surface area contributed by atoms with Gasteiger partial charge in [-0.3, -0.25) is 9.59 Å². The zero-order chi connectivity index (χ0) is 24.9. The third kappa shape index (κ3) is 5.54. The van der Waals surface area contributed by atoms with Crippen molar-refractivity contribution in [2.24, 2.45) is 5.73 Å². The van der Waals surface area contributed by atoms with Crippen LogP contribution in [0.3, 0.4) is 0 Å². The average molecular weight is 479 g/mol. The number of nitrogens with zero attached hydrogens (tertiary/aromatic N) is 6. The molecule has 10 heteroatoms. The van der Waals surface area contributed by atoms with Crippen LogP contribution in [-0.2, 0) is 11.2 Å². The van der Waals surface area contributed by atoms with Crippen LogP contribution in [0.25, 0.3) is 0 Å². The number of aryl methyl sites for hydroxylation is 1. The minimum atomic E-state index is -0.627. The molecule has 2 aliphatic rings. The molecule has 10 nitrogen and oxygen atoms in total. The molecule has 2 saturated heterocycles. The van der Waals surface area contributed by atoms with Gasteiger partial charge in [0.1, 0.15) is 0 Å². The van der Waals surface area contributed by atoms with Gasteiger partial charge in [0.25, 0.3) is 5.91 Å². The Hall–Kier alpha value is -3.66. The number of piperazine rings is 2. The van der Waals surface area contributed by atoms with Gasteiger partial charge in [-0.15, -0.1) is 0 Å². The molecule has 0 bridgehead atoms. The maximum atomic E-state index is 12.3. The van der Waals surface area contributed by atoms with E-state index in [0.717, 1.165) is 37.6 Å². The number of carbonyl (C=O) groups is 2. The lowest BCUT2D eigenvalue weighted by Gasteiger charge is -2.35. The largest absolute Gasteiger partial charge is 0.369 e. The molecular weight excluding hydrogens is 444 g/mol. The van der Waals surface area contributed by atoms with Gasteiger partial charge in [0, 0.05) is 63.7 Å². The van der Waals surface area contributed by atoms with E-state index in [1.54, 1.807) is 4.90 Å². The zero-order valence-corrected chi connectivity index (χ0v) is 20.5. The molecule has 3 N–H and O–H groups in total. The van der Waals surface area contributed by atoms with Crippen molar-refractivity contribution in [2.45, 2.75) is 13.3 Å². The van der Waals surface area contributed by atoms with E-state index in [4.69, 9.17) is 10.7 Å². The summed E-state index contributed by atoms with van der Waals surface area (Å²) in [6.45, 7) is 11.9. The van der Waals surface area contributed by atoms with E-state index in [-0.39, 0.29) is 11.6 Å². The van der Waals surface area contributed by atoms with Crippen LogP contribution in [0.15, 0.2) is 36.9 Å². The van der Waals surface area contributed by atoms with Crippen molar-refractivity contribution in [3.63, 3.8) is 0 Å². The van der Waals surface area contributed by atoms with Gasteiger partial charge in [0.15, 0.2) is 17.3 Å². The summed E-state index contributed by atoms with van der Waals surface area (Å²) < 4.78 is 0. The maximum absolute atomic E-state index is 12.3. The van der Waals surface area contributed by atoms with E-state index in [0.29, 0.717) is 49.9 Å². The van der Waals surface area contributed by atoms with Crippen molar-refractivity contribution in [3.05, 3.63) is 48.3 Å². The zero-order valence-electron chi connectivity index (χ0n) is 20.5. The predicted molar refractivity (Wildman–Crippen MR) is 138 cm³/mol. The molecule has 0 radical (unpaired) electrons. The second-order valence-corrected chi connectivity index (χ2v) is 8.89. The number of nitrogens with two attached hydrogens (primary N) is 1. The quantitative estimate of drug-likeness (QED) is 0.576. The first-order valence-electron chi connectivity index (χ1n) is 12.1. The number of amides is 2. The highest BCUT2D eigenvalue weighted by Crippen LogP contribution is 2.28. The van der Waals surface area contributed by atoms with E-state index in [1.165, 1.54) is 6.08 Å². The second kappa shape index (κ2) is 10.7. The lowest BCUT2D eigenvalue weighted by atomic mass is 10.2. The molecule has 186 valence electrons. The Kier molecular flexibility index (Phi) is 7.50. The van der Waals surface area contributed by atoms with Crippen molar-refractivity contribution in [3.8, 4) is 0 Å². The molecule has 1 aromatic carbocycles. The van der Waals surface area contributed by atoms with E-state index in [1.807, 2.05) is 19.1 Å². The monoisotopic (exact) mass is 478 g/mol. The molecule has 1 aromatic heterocycles. The van der Waals surface area contributed by atoms with Crippen LogP contribution in [0.5, 0.6) is 0 Å². The number of nitrogens with one attached hydrogen (secondary N) is 1. The number of carbonyl (C=O) groups excluding carboxylic acids is 2. The predicted octanol–water partition coefficient (Wildman–Crippen LogP) is 1.47. The Labute approximate surface area is 206 Å². The van der Waals surface area contributed by atoms with E-state index >= 15 is 0 Å². The minimum Gasteiger partial charge on any atom is -0.369 e. The van der Waals surface area contributed by atoms with Crippen molar-refractivity contribution < 1.29 is 9.59 Å². The van der Waals surface area contributed by atoms with Crippen LogP contribution in [0.2, 0.25) is 0 Å². The van der Waals surface area contributed by atoms with Gasteiger partial charge in [-0.25, -0.2) is 9.97 Å². The van der Waals surface area contributed by atoms with Crippen LogP contribution in [0.1, 0.15) is 23.1 Å².